The number of rotatable bonds is 2. The number of aldehydes is 1. The molecule has 1 aliphatic rings. The van der Waals surface area contributed by atoms with Crippen LogP contribution in [0.5, 0.6) is 0 Å². The molecule has 1 aromatic carbocycles. The van der Waals surface area contributed by atoms with E-state index < -0.39 is 5.67 Å². The first-order chi connectivity index (χ1) is 7.14. The molecule has 15 heavy (non-hydrogen) atoms. The number of hydrogen-bond acceptors (Lipinski definition) is 2. The van der Waals surface area contributed by atoms with Crippen molar-refractivity contribution < 1.29 is 9.18 Å². The highest BCUT2D eigenvalue weighted by atomic mass is 19.1. The fourth-order valence-electron chi connectivity index (χ4n) is 2.08. The summed E-state index contributed by atoms with van der Waals surface area (Å²) >= 11 is 0. The summed E-state index contributed by atoms with van der Waals surface area (Å²) in [6, 6.07) is 6.83. The van der Waals surface area contributed by atoms with Crippen LogP contribution in [0.15, 0.2) is 24.3 Å². The molecule has 1 atom stereocenters. The molecular weight excluding hydrogens is 193 g/mol. The van der Waals surface area contributed by atoms with E-state index >= 15 is 0 Å². The van der Waals surface area contributed by atoms with Gasteiger partial charge in [-0.3, -0.25) is 4.79 Å². The van der Waals surface area contributed by atoms with Crippen molar-refractivity contribution in [1.29, 1.82) is 0 Å². The summed E-state index contributed by atoms with van der Waals surface area (Å²) in [5.74, 6) is 0. The van der Waals surface area contributed by atoms with Crippen LogP contribution in [0.2, 0.25) is 0 Å². The molecule has 80 valence electrons. The Morgan fingerprint density at radius 1 is 1.53 bits per heavy atom. The lowest BCUT2D eigenvalue weighted by molar-refractivity contribution is 0.112. The molecule has 3 heteroatoms. The molecule has 0 amide bonds. The summed E-state index contributed by atoms with van der Waals surface area (Å²) in [5.41, 5.74) is -0.121. The summed E-state index contributed by atoms with van der Waals surface area (Å²) in [4.78, 5) is 12.6. The van der Waals surface area contributed by atoms with Gasteiger partial charge in [-0.1, -0.05) is 18.2 Å². The number of benzene rings is 1. The molecular formula is C12H14FNO. The third kappa shape index (κ3) is 1.92. The van der Waals surface area contributed by atoms with Gasteiger partial charge in [-0.25, -0.2) is 4.39 Å². The van der Waals surface area contributed by atoms with Gasteiger partial charge in [0.2, 0.25) is 0 Å². The van der Waals surface area contributed by atoms with Crippen LogP contribution < -0.4 is 0 Å². The highest BCUT2D eigenvalue weighted by Crippen LogP contribution is 2.35. The van der Waals surface area contributed by atoms with Crippen LogP contribution in [0.4, 0.5) is 4.39 Å². The number of nitrogens with zero attached hydrogens (tertiary/aromatic N) is 1. The fraction of sp³-hybridized carbons (Fsp3) is 0.417. The summed E-state index contributed by atoms with van der Waals surface area (Å²) in [7, 11) is 1.91. The topological polar surface area (TPSA) is 20.3 Å². The van der Waals surface area contributed by atoms with E-state index in [1.54, 1.807) is 24.3 Å². The van der Waals surface area contributed by atoms with E-state index in [1.807, 2.05) is 11.9 Å². The van der Waals surface area contributed by atoms with Crippen molar-refractivity contribution in [3.05, 3.63) is 35.4 Å². The molecule has 0 saturated carbocycles. The number of carbonyl (C=O) groups excluding carboxylic acids is 1. The molecule has 0 aliphatic carbocycles. The SMILES string of the molecule is CN1CCC(F)(c2cccc(C=O)c2)C1. The maximum atomic E-state index is 14.5. The van der Waals surface area contributed by atoms with Crippen LogP contribution >= 0.6 is 0 Å². The molecule has 1 aliphatic heterocycles. The highest BCUT2D eigenvalue weighted by Gasteiger charge is 2.38. The standard InChI is InChI=1S/C12H14FNO/c1-14-6-5-12(13,9-14)11-4-2-3-10(7-11)8-15/h2-4,7-8H,5-6,9H2,1H3. The average molecular weight is 207 g/mol. The molecule has 0 aromatic heterocycles. The predicted molar refractivity (Wildman–Crippen MR) is 56.7 cm³/mol. The van der Waals surface area contributed by atoms with Gasteiger partial charge in [-0.05, 0) is 25.1 Å². The van der Waals surface area contributed by atoms with Crippen LogP contribution in [0.1, 0.15) is 22.3 Å². The first kappa shape index (κ1) is 10.3. The van der Waals surface area contributed by atoms with Crippen LogP contribution in [0, 0.1) is 0 Å². The van der Waals surface area contributed by atoms with Crippen molar-refractivity contribution in [3.8, 4) is 0 Å². The predicted octanol–water partition coefficient (Wildman–Crippen LogP) is 2.00. The molecule has 1 heterocycles. The molecule has 1 saturated heterocycles. The number of halogens is 1. The van der Waals surface area contributed by atoms with E-state index in [0.29, 0.717) is 24.1 Å². The van der Waals surface area contributed by atoms with Crippen molar-refractivity contribution >= 4 is 6.29 Å². The molecule has 0 spiro atoms. The molecule has 2 rings (SSSR count). The Morgan fingerprint density at radius 3 is 2.93 bits per heavy atom. The Morgan fingerprint density at radius 2 is 2.33 bits per heavy atom. The molecule has 0 N–H and O–H groups in total. The highest BCUT2D eigenvalue weighted by molar-refractivity contribution is 5.75. The quantitative estimate of drug-likeness (QED) is 0.691. The largest absolute Gasteiger partial charge is 0.303 e. The minimum Gasteiger partial charge on any atom is -0.303 e. The van der Waals surface area contributed by atoms with Gasteiger partial charge < -0.3 is 4.90 Å². The lowest BCUT2D eigenvalue weighted by Gasteiger charge is -2.20. The Balaban J connectivity index is 2.32. The summed E-state index contributed by atoms with van der Waals surface area (Å²) in [6.45, 7) is 1.18. The zero-order valence-corrected chi connectivity index (χ0v) is 8.74. The molecule has 2 nitrogen and oxygen atoms in total. The number of hydrogen-bond donors (Lipinski definition) is 0. The zero-order valence-electron chi connectivity index (χ0n) is 8.74. The Labute approximate surface area is 88.7 Å². The Kier molecular flexibility index (Phi) is 2.57. The van der Waals surface area contributed by atoms with E-state index in [9.17, 15) is 9.18 Å². The summed E-state index contributed by atoms with van der Waals surface area (Å²) in [6.07, 6.45) is 1.26. The van der Waals surface area contributed by atoms with Crippen LogP contribution in [0.3, 0.4) is 0 Å². The van der Waals surface area contributed by atoms with Gasteiger partial charge in [-0.15, -0.1) is 0 Å². The minimum absolute atomic E-state index is 0.412. The second-order valence-electron chi connectivity index (χ2n) is 4.20. The van der Waals surface area contributed by atoms with E-state index in [1.165, 1.54) is 0 Å². The van der Waals surface area contributed by atoms with E-state index in [0.717, 1.165) is 12.8 Å². The van der Waals surface area contributed by atoms with Gasteiger partial charge in [0.25, 0.3) is 0 Å². The lowest BCUT2D eigenvalue weighted by Crippen LogP contribution is -2.24. The third-order valence-electron chi connectivity index (χ3n) is 2.95. The zero-order chi connectivity index (χ0) is 10.9. The average Bonchev–Trinajstić information content (AvgIpc) is 2.60. The minimum atomic E-state index is -1.28. The third-order valence-corrected chi connectivity index (χ3v) is 2.95. The van der Waals surface area contributed by atoms with Gasteiger partial charge in [0, 0.05) is 18.7 Å². The number of likely N-dealkylation sites (tertiary alicyclic amines) is 1. The second-order valence-corrected chi connectivity index (χ2v) is 4.20. The Bertz CT molecular complexity index is 380. The van der Waals surface area contributed by atoms with E-state index in [-0.39, 0.29) is 0 Å². The van der Waals surface area contributed by atoms with Crippen LogP contribution in [0.25, 0.3) is 0 Å². The molecule has 1 unspecified atom stereocenters. The van der Waals surface area contributed by atoms with Gasteiger partial charge in [-0.2, -0.15) is 0 Å². The number of likely N-dealkylation sites (N-methyl/N-ethyl adjacent to an activating group) is 1. The monoisotopic (exact) mass is 207 g/mol. The second kappa shape index (κ2) is 3.74. The lowest BCUT2D eigenvalue weighted by atomic mass is 9.94. The number of alkyl halides is 1. The van der Waals surface area contributed by atoms with Crippen molar-refractivity contribution in [2.24, 2.45) is 0 Å². The van der Waals surface area contributed by atoms with Crippen LogP contribution in [-0.4, -0.2) is 31.3 Å². The maximum absolute atomic E-state index is 14.5. The van der Waals surface area contributed by atoms with Gasteiger partial charge in [0.15, 0.2) is 0 Å². The van der Waals surface area contributed by atoms with Crippen molar-refractivity contribution in [2.75, 3.05) is 20.1 Å². The molecule has 1 aromatic rings. The van der Waals surface area contributed by atoms with Crippen LogP contribution in [-0.2, 0) is 5.67 Å². The van der Waals surface area contributed by atoms with Gasteiger partial charge in [0.05, 0.1) is 0 Å². The normalized spacial score (nSPS) is 26.8. The van der Waals surface area contributed by atoms with E-state index in [4.69, 9.17) is 0 Å². The summed E-state index contributed by atoms with van der Waals surface area (Å²) < 4.78 is 14.5. The smallest absolute Gasteiger partial charge is 0.150 e. The van der Waals surface area contributed by atoms with Crippen molar-refractivity contribution in [2.45, 2.75) is 12.1 Å². The molecule has 1 fully saturated rings. The van der Waals surface area contributed by atoms with Gasteiger partial charge >= 0.3 is 0 Å². The Hall–Kier alpha value is -1.22. The number of carbonyl (C=O) groups is 1. The fourth-order valence-corrected chi connectivity index (χ4v) is 2.08. The van der Waals surface area contributed by atoms with Crippen molar-refractivity contribution in [1.82, 2.24) is 4.90 Å². The molecule has 0 radical (unpaired) electrons. The first-order valence-electron chi connectivity index (χ1n) is 5.07. The molecule has 0 bridgehead atoms. The first-order valence-corrected chi connectivity index (χ1v) is 5.07. The van der Waals surface area contributed by atoms with E-state index in [2.05, 4.69) is 0 Å². The van der Waals surface area contributed by atoms with Crippen molar-refractivity contribution in [3.63, 3.8) is 0 Å². The summed E-state index contributed by atoms with van der Waals surface area (Å²) in [5, 5.41) is 0. The maximum Gasteiger partial charge on any atom is 0.150 e. The van der Waals surface area contributed by atoms with Gasteiger partial charge in [0.1, 0.15) is 12.0 Å².